The van der Waals surface area contributed by atoms with E-state index in [4.69, 9.17) is 9.47 Å². The highest BCUT2D eigenvalue weighted by atomic mass is 16.5. The highest BCUT2D eigenvalue weighted by molar-refractivity contribution is 5.97. The van der Waals surface area contributed by atoms with Crippen LogP contribution in [0.15, 0.2) is 18.2 Å². The predicted octanol–water partition coefficient (Wildman–Crippen LogP) is 4.46. The number of nitrogens with one attached hydrogen (secondary N) is 1. The minimum Gasteiger partial charge on any atom is -0.491 e. The maximum atomic E-state index is 12.7. The lowest BCUT2D eigenvalue weighted by Gasteiger charge is -2.28. The number of carbonyl (C=O) groups excluding carboxylic acids is 1. The van der Waals surface area contributed by atoms with Gasteiger partial charge in [0.25, 0.3) is 5.91 Å². The summed E-state index contributed by atoms with van der Waals surface area (Å²) in [5, 5.41) is 3.04. The standard InChI is InChI=1S/C19H29NO3/c1-5-12-22-19(10-6-7-11-19)18(21)20-16-8-9-17(15(4)13-16)23-14(2)3/h8-9,13-14H,5-7,10-12H2,1-4H3,(H,20,21). The molecule has 0 aliphatic heterocycles. The van der Waals surface area contributed by atoms with E-state index in [1.54, 1.807) is 0 Å². The maximum Gasteiger partial charge on any atom is 0.256 e. The number of carbonyl (C=O) groups is 1. The van der Waals surface area contributed by atoms with Crippen molar-refractivity contribution in [1.29, 1.82) is 0 Å². The summed E-state index contributed by atoms with van der Waals surface area (Å²) in [6.07, 6.45) is 4.79. The molecule has 0 atom stereocenters. The number of hydrogen-bond donors (Lipinski definition) is 1. The first-order chi connectivity index (χ1) is 11.0. The van der Waals surface area contributed by atoms with Crippen LogP contribution < -0.4 is 10.1 Å². The maximum absolute atomic E-state index is 12.7. The van der Waals surface area contributed by atoms with Crippen LogP contribution in [0.2, 0.25) is 0 Å². The third kappa shape index (κ3) is 4.47. The van der Waals surface area contributed by atoms with Crippen molar-refractivity contribution in [3.63, 3.8) is 0 Å². The van der Waals surface area contributed by atoms with Gasteiger partial charge in [0.1, 0.15) is 11.4 Å². The second kappa shape index (κ2) is 7.82. The normalized spacial score (nSPS) is 16.6. The zero-order chi connectivity index (χ0) is 16.9. The molecule has 0 aromatic heterocycles. The van der Waals surface area contributed by atoms with Crippen LogP contribution in [-0.4, -0.2) is 24.2 Å². The van der Waals surface area contributed by atoms with Crippen LogP contribution >= 0.6 is 0 Å². The molecular formula is C19H29NO3. The van der Waals surface area contributed by atoms with Gasteiger partial charge in [-0.2, -0.15) is 0 Å². The molecular weight excluding hydrogens is 290 g/mol. The molecule has 23 heavy (non-hydrogen) atoms. The first-order valence-electron chi connectivity index (χ1n) is 8.69. The number of hydrogen-bond acceptors (Lipinski definition) is 3. The average molecular weight is 319 g/mol. The van der Waals surface area contributed by atoms with E-state index in [1.807, 2.05) is 39.0 Å². The molecule has 2 rings (SSSR count). The van der Waals surface area contributed by atoms with Crippen LogP contribution in [-0.2, 0) is 9.53 Å². The number of anilines is 1. The Bertz CT molecular complexity index is 533. The number of ether oxygens (including phenoxy) is 2. The SMILES string of the molecule is CCCOC1(C(=O)Nc2ccc(OC(C)C)c(C)c2)CCCC1. The number of benzene rings is 1. The molecule has 1 saturated carbocycles. The molecule has 1 aliphatic carbocycles. The van der Waals surface area contributed by atoms with Gasteiger partial charge in [0.05, 0.1) is 6.10 Å². The third-order valence-electron chi connectivity index (χ3n) is 4.20. The van der Waals surface area contributed by atoms with Crippen LogP contribution in [0.25, 0.3) is 0 Å². The summed E-state index contributed by atoms with van der Waals surface area (Å²) in [6, 6.07) is 5.77. The Labute approximate surface area is 139 Å². The van der Waals surface area contributed by atoms with E-state index in [1.165, 1.54) is 0 Å². The molecule has 0 unspecified atom stereocenters. The van der Waals surface area contributed by atoms with Crippen molar-refractivity contribution in [3.05, 3.63) is 23.8 Å². The Morgan fingerprint density at radius 1 is 1.30 bits per heavy atom. The van der Waals surface area contributed by atoms with Gasteiger partial charge in [-0.05, 0) is 76.6 Å². The Kier molecular flexibility index (Phi) is 6.05. The van der Waals surface area contributed by atoms with Gasteiger partial charge < -0.3 is 14.8 Å². The topological polar surface area (TPSA) is 47.6 Å². The Hall–Kier alpha value is -1.55. The van der Waals surface area contributed by atoms with Crippen LogP contribution in [0.4, 0.5) is 5.69 Å². The predicted molar refractivity (Wildman–Crippen MR) is 93.0 cm³/mol. The Balaban J connectivity index is 2.08. The van der Waals surface area contributed by atoms with Crippen molar-refractivity contribution < 1.29 is 14.3 Å². The third-order valence-corrected chi connectivity index (χ3v) is 4.20. The van der Waals surface area contributed by atoms with Crippen molar-refractivity contribution in [1.82, 2.24) is 0 Å². The van der Waals surface area contributed by atoms with Crippen molar-refractivity contribution in [2.75, 3.05) is 11.9 Å². The van der Waals surface area contributed by atoms with Gasteiger partial charge in [-0.15, -0.1) is 0 Å². The quantitative estimate of drug-likeness (QED) is 0.807. The molecule has 0 heterocycles. The molecule has 0 spiro atoms. The average Bonchev–Trinajstić information content (AvgIpc) is 2.98. The lowest BCUT2D eigenvalue weighted by Crippen LogP contribution is -2.43. The minimum absolute atomic E-state index is 0.0135. The van der Waals surface area contributed by atoms with Crippen molar-refractivity contribution in [3.8, 4) is 5.75 Å². The fraction of sp³-hybridized carbons (Fsp3) is 0.632. The molecule has 1 amide bonds. The van der Waals surface area contributed by atoms with Gasteiger partial charge in [-0.3, -0.25) is 4.79 Å². The molecule has 0 saturated heterocycles. The zero-order valence-electron chi connectivity index (χ0n) is 14.8. The summed E-state index contributed by atoms with van der Waals surface area (Å²) in [6.45, 7) is 8.70. The van der Waals surface area contributed by atoms with E-state index in [0.717, 1.165) is 49.1 Å². The largest absolute Gasteiger partial charge is 0.491 e. The molecule has 0 bridgehead atoms. The van der Waals surface area contributed by atoms with E-state index in [-0.39, 0.29) is 12.0 Å². The van der Waals surface area contributed by atoms with Gasteiger partial charge in [-0.25, -0.2) is 0 Å². The minimum atomic E-state index is -0.642. The second-order valence-corrected chi connectivity index (χ2v) is 6.65. The Morgan fingerprint density at radius 2 is 2.00 bits per heavy atom. The molecule has 1 aliphatic rings. The van der Waals surface area contributed by atoms with Crippen molar-refractivity contribution in [2.45, 2.75) is 71.5 Å². The fourth-order valence-corrected chi connectivity index (χ4v) is 3.04. The van der Waals surface area contributed by atoms with Gasteiger partial charge in [0.2, 0.25) is 0 Å². The van der Waals surface area contributed by atoms with Crippen molar-refractivity contribution in [2.24, 2.45) is 0 Å². The highest BCUT2D eigenvalue weighted by Crippen LogP contribution is 2.35. The molecule has 4 nitrogen and oxygen atoms in total. The van der Waals surface area contributed by atoms with Crippen LogP contribution in [0.1, 0.15) is 58.4 Å². The van der Waals surface area contributed by atoms with Gasteiger partial charge in [0.15, 0.2) is 0 Å². The molecule has 1 N–H and O–H groups in total. The van der Waals surface area contributed by atoms with Crippen LogP contribution in [0.3, 0.4) is 0 Å². The first kappa shape index (κ1) is 17.8. The summed E-state index contributed by atoms with van der Waals surface area (Å²) in [5.41, 5.74) is 1.18. The zero-order valence-corrected chi connectivity index (χ0v) is 14.8. The lowest BCUT2D eigenvalue weighted by molar-refractivity contribution is -0.140. The van der Waals surface area contributed by atoms with Gasteiger partial charge >= 0.3 is 0 Å². The Morgan fingerprint density at radius 3 is 2.57 bits per heavy atom. The lowest BCUT2D eigenvalue weighted by atomic mass is 10.0. The molecule has 128 valence electrons. The van der Waals surface area contributed by atoms with Crippen LogP contribution in [0, 0.1) is 6.92 Å². The fourth-order valence-electron chi connectivity index (χ4n) is 3.04. The molecule has 1 aromatic rings. The molecule has 0 radical (unpaired) electrons. The van der Waals surface area contributed by atoms with E-state index in [9.17, 15) is 4.79 Å². The highest BCUT2D eigenvalue weighted by Gasteiger charge is 2.42. The summed E-state index contributed by atoms with van der Waals surface area (Å²) >= 11 is 0. The molecule has 4 heteroatoms. The number of amides is 1. The smallest absolute Gasteiger partial charge is 0.256 e. The summed E-state index contributed by atoms with van der Waals surface area (Å²) < 4.78 is 11.7. The van der Waals surface area contributed by atoms with E-state index >= 15 is 0 Å². The monoisotopic (exact) mass is 319 g/mol. The first-order valence-corrected chi connectivity index (χ1v) is 8.69. The van der Waals surface area contributed by atoms with E-state index in [2.05, 4.69) is 12.2 Å². The van der Waals surface area contributed by atoms with Gasteiger partial charge in [-0.1, -0.05) is 6.92 Å². The second-order valence-electron chi connectivity index (χ2n) is 6.65. The van der Waals surface area contributed by atoms with Crippen molar-refractivity contribution >= 4 is 11.6 Å². The number of aryl methyl sites for hydroxylation is 1. The molecule has 1 fully saturated rings. The summed E-state index contributed by atoms with van der Waals surface area (Å²) in [4.78, 5) is 12.7. The van der Waals surface area contributed by atoms with E-state index < -0.39 is 5.60 Å². The van der Waals surface area contributed by atoms with Gasteiger partial charge in [0, 0.05) is 12.3 Å². The number of rotatable bonds is 7. The van der Waals surface area contributed by atoms with E-state index in [0.29, 0.717) is 6.61 Å². The van der Waals surface area contributed by atoms with Crippen LogP contribution in [0.5, 0.6) is 5.75 Å². The summed E-state index contributed by atoms with van der Waals surface area (Å²) in [7, 11) is 0. The summed E-state index contributed by atoms with van der Waals surface area (Å²) in [5.74, 6) is 0.844. The molecule has 1 aromatic carbocycles.